The van der Waals surface area contributed by atoms with Crippen molar-refractivity contribution in [1.29, 1.82) is 0 Å². The highest BCUT2D eigenvalue weighted by molar-refractivity contribution is 7.89. The standard InChI is InChI=1S/C25H23F4N3O5S/c26-19-8-6-18(7-9-19)24(12-13-32(16-24)23(33)36-15-17-4-2-1-3-5-17)31-38(34,35)20-10-11-22(21(30)14-20)37-25(27,28)29/h1-11,14,31H,12-13,15-16,30H2. The minimum atomic E-state index is -5.01. The molecule has 0 saturated carbocycles. The number of nitrogens with one attached hydrogen (secondary N) is 1. The number of amides is 1. The molecule has 0 aromatic heterocycles. The van der Waals surface area contributed by atoms with E-state index in [9.17, 15) is 30.8 Å². The second-order valence-corrected chi connectivity index (χ2v) is 10.3. The van der Waals surface area contributed by atoms with Gasteiger partial charge in [0.1, 0.15) is 12.4 Å². The summed E-state index contributed by atoms with van der Waals surface area (Å²) in [6.07, 6.45) is -5.57. The molecule has 13 heteroatoms. The van der Waals surface area contributed by atoms with E-state index >= 15 is 0 Å². The molecule has 0 spiro atoms. The van der Waals surface area contributed by atoms with Crippen molar-refractivity contribution in [2.24, 2.45) is 0 Å². The van der Waals surface area contributed by atoms with Crippen LogP contribution in [0.5, 0.6) is 5.75 Å². The molecule has 1 amide bonds. The van der Waals surface area contributed by atoms with Crippen molar-refractivity contribution >= 4 is 21.8 Å². The minimum Gasteiger partial charge on any atom is -0.445 e. The SMILES string of the molecule is Nc1cc(S(=O)(=O)NC2(c3ccc(F)cc3)CCN(C(=O)OCc3ccccc3)C2)ccc1OC(F)(F)F. The highest BCUT2D eigenvalue weighted by Crippen LogP contribution is 2.36. The van der Waals surface area contributed by atoms with Crippen LogP contribution in [0.15, 0.2) is 77.7 Å². The summed E-state index contributed by atoms with van der Waals surface area (Å²) in [5.41, 5.74) is 4.83. The fraction of sp³-hybridized carbons (Fsp3) is 0.240. The van der Waals surface area contributed by atoms with E-state index in [1.165, 1.54) is 17.0 Å². The lowest BCUT2D eigenvalue weighted by molar-refractivity contribution is -0.274. The Hall–Kier alpha value is -3.84. The monoisotopic (exact) mass is 553 g/mol. The van der Waals surface area contributed by atoms with Crippen molar-refractivity contribution in [2.75, 3.05) is 18.8 Å². The van der Waals surface area contributed by atoms with Gasteiger partial charge in [-0.1, -0.05) is 42.5 Å². The lowest BCUT2D eigenvalue weighted by Gasteiger charge is -2.31. The first-order valence-electron chi connectivity index (χ1n) is 11.3. The van der Waals surface area contributed by atoms with E-state index in [0.717, 1.165) is 35.9 Å². The van der Waals surface area contributed by atoms with Crippen molar-refractivity contribution in [3.8, 4) is 5.75 Å². The molecule has 4 rings (SSSR count). The molecule has 1 aliphatic rings. The zero-order valence-corrected chi connectivity index (χ0v) is 20.6. The topological polar surface area (TPSA) is 111 Å². The number of nitrogens with two attached hydrogens (primary N) is 1. The van der Waals surface area contributed by atoms with Crippen LogP contribution in [0.3, 0.4) is 0 Å². The molecule has 202 valence electrons. The molecule has 0 bridgehead atoms. The van der Waals surface area contributed by atoms with Gasteiger partial charge in [-0.25, -0.2) is 17.6 Å². The van der Waals surface area contributed by atoms with E-state index in [1.807, 2.05) is 6.07 Å². The molecule has 1 aliphatic heterocycles. The number of anilines is 1. The largest absolute Gasteiger partial charge is 0.573 e. The first-order chi connectivity index (χ1) is 17.9. The molecule has 38 heavy (non-hydrogen) atoms. The fourth-order valence-electron chi connectivity index (χ4n) is 4.15. The highest BCUT2D eigenvalue weighted by Gasteiger charge is 2.45. The smallest absolute Gasteiger partial charge is 0.445 e. The minimum absolute atomic E-state index is 0.0110. The fourth-order valence-corrected chi connectivity index (χ4v) is 5.60. The second-order valence-electron chi connectivity index (χ2n) is 8.65. The average Bonchev–Trinajstić information content (AvgIpc) is 3.28. The molecule has 1 fully saturated rings. The van der Waals surface area contributed by atoms with Gasteiger partial charge < -0.3 is 20.1 Å². The number of nitrogen functional groups attached to an aromatic ring is 1. The zero-order valence-electron chi connectivity index (χ0n) is 19.7. The maximum Gasteiger partial charge on any atom is 0.573 e. The van der Waals surface area contributed by atoms with Gasteiger partial charge in [-0.15, -0.1) is 13.2 Å². The second kappa shape index (κ2) is 10.5. The van der Waals surface area contributed by atoms with Gasteiger partial charge in [0.15, 0.2) is 5.75 Å². The summed E-state index contributed by atoms with van der Waals surface area (Å²) in [5.74, 6) is -1.30. The number of hydrogen-bond donors (Lipinski definition) is 2. The molecule has 3 aromatic rings. The number of halogens is 4. The van der Waals surface area contributed by atoms with E-state index in [0.29, 0.717) is 5.56 Å². The zero-order chi connectivity index (χ0) is 27.6. The Kier molecular flexibility index (Phi) is 7.51. The third-order valence-corrected chi connectivity index (χ3v) is 7.51. The molecular formula is C25H23F4N3O5S. The first-order valence-corrected chi connectivity index (χ1v) is 12.8. The van der Waals surface area contributed by atoms with Crippen LogP contribution in [0.2, 0.25) is 0 Å². The molecule has 0 radical (unpaired) electrons. The molecular weight excluding hydrogens is 530 g/mol. The Morgan fingerprint density at radius 3 is 2.37 bits per heavy atom. The molecule has 8 nitrogen and oxygen atoms in total. The van der Waals surface area contributed by atoms with Crippen molar-refractivity contribution in [3.63, 3.8) is 0 Å². The summed E-state index contributed by atoms with van der Waals surface area (Å²) in [4.78, 5) is 13.7. The molecule has 1 atom stereocenters. The van der Waals surface area contributed by atoms with Gasteiger partial charge in [0.2, 0.25) is 10.0 Å². The molecule has 1 saturated heterocycles. The molecule has 1 unspecified atom stereocenters. The van der Waals surface area contributed by atoms with Crippen LogP contribution in [-0.2, 0) is 26.9 Å². The van der Waals surface area contributed by atoms with Gasteiger partial charge in [-0.2, -0.15) is 4.72 Å². The van der Waals surface area contributed by atoms with Crippen LogP contribution >= 0.6 is 0 Å². The number of likely N-dealkylation sites (tertiary alicyclic amines) is 1. The van der Waals surface area contributed by atoms with E-state index in [2.05, 4.69) is 9.46 Å². The van der Waals surface area contributed by atoms with Crippen molar-refractivity contribution in [1.82, 2.24) is 9.62 Å². The molecule has 0 aliphatic carbocycles. The number of hydrogen-bond acceptors (Lipinski definition) is 6. The van der Waals surface area contributed by atoms with Gasteiger partial charge in [0.05, 0.1) is 16.1 Å². The Morgan fingerprint density at radius 2 is 1.74 bits per heavy atom. The third kappa shape index (κ3) is 6.34. The Balaban J connectivity index is 1.58. The number of benzene rings is 3. The number of sulfonamides is 1. The van der Waals surface area contributed by atoms with Crippen molar-refractivity contribution < 1.29 is 40.2 Å². The summed E-state index contributed by atoms with van der Waals surface area (Å²) in [7, 11) is -4.39. The number of rotatable bonds is 7. The van der Waals surface area contributed by atoms with Crippen LogP contribution in [-0.4, -0.2) is 38.9 Å². The number of carbonyl (C=O) groups excluding carboxylic acids is 1. The van der Waals surface area contributed by atoms with Gasteiger partial charge in [0, 0.05) is 13.1 Å². The number of alkyl halides is 3. The summed E-state index contributed by atoms with van der Waals surface area (Å²) in [6.45, 7) is -0.0126. The Labute approximate surface area is 216 Å². The number of ether oxygens (including phenoxy) is 2. The molecule has 1 heterocycles. The number of carbonyl (C=O) groups is 1. The summed E-state index contributed by atoms with van der Waals surface area (Å²) in [5, 5.41) is 0. The van der Waals surface area contributed by atoms with E-state index in [4.69, 9.17) is 10.5 Å². The van der Waals surface area contributed by atoms with Crippen molar-refractivity contribution in [2.45, 2.75) is 29.8 Å². The predicted octanol–water partition coefficient (Wildman–Crippen LogP) is 4.52. The van der Waals surface area contributed by atoms with Gasteiger partial charge >= 0.3 is 12.5 Å². The van der Waals surface area contributed by atoms with Gasteiger partial charge in [0.25, 0.3) is 0 Å². The van der Waals surface area contributed by atoms with Crippen LogP contribution in [0.1, 0.15) is 17.5 Å². The van der Waals surface area contributed by atoms with Gasteiger partial charge in [-0.05, 0) is 47.9 Å². The lowest BCUT2D eigenvalue weighted by Crippen LogP contribution is -2.48. The third-order valence-electron chi connectivity index (χ3n) is 5.98. The molecule has 3 N–H and O–H groups in total. The summed E-state index contributed by atoms with van der Waals surface area (Å²) < 4.78 is 89.7. The number of nitrogens with zero attached hydrogens (tertiary/aromatic N) is 1. The Morgan fingerprint density at radius 1 is 1.05 bits per heavy atom. The van der Waals surface area contributed by atoms with Crippen LogP contribution < -0.4 is 15.2 Å². The first kappa shape index (κ1) is 27.2. The summed E-state index contributed by atoms with van der Waals surface area (Å²) >= 11 is 0. The quantitative estimate of drug-likeness (QED) is 0.329. The maximum absolute atomic E-state index is 13.6. The van der Waals surface area contributed by atoms with Crippen LogP contribution in [0.4, 0.5) is 28.0 Å². The average molecular weight is 554 g/mol. The van der Waals surface area contributed by atoms with E-state index in [1.54, 1.807) is 24.3 Å². The van der Waals surface area contributed by atoms with Crippen molar-refractivity contribution in [3.05, 3.63) is 89.7 Å². The van der Waals surface area contributed by atoms with E-state index in [-0.39, 0.29) is 26.1 Å². The lowest BCUT2D eigenvalue weighted by atomic mass is 9.90. The van der Waals surface area contributed by atoms with Crippen LogP contribution in [0, 0.1) is 5.82 Å². The Bertz CT molecular complexity index is 1400. The predicted molar refractivity (Wildman–Crippen MR) is 129 cm³/mol. The maximum atomic E-state index is 13.6. The van der Waals surface area contributed by atoms with E-state index < -0.39 is 50.2 Å². The van der Waals surface area contributed by atoms with Gasteiger partial charge in [-0.3, -0.25) is 0 Å². The van der Waals surface area contributed by atoms with Crippen LogP contribution in [0.25, 0.3) is 0 Å². The normalized spacial score (nSPS) is 17.8. The highest BCUT2D eigenvalue weighted by atomic mass is 32.2. The summed E-state index contributed by atoms with van der Waals surface area (Å²) in [6, 6.07) is 16.6. The molecule has 3 aromatic carbocycles.